The van der Waals surface area contributed by atoms with Gasteiger partial charge in [0, 0.05) is 18.2 Å². The molecule has 0 unspecified atom stereocenters. The Balaban J connectivity index is 1.76. The van der Waals surface area contributed by atoms with Crippen molar-refractivity contribution in [2.75, 3.05) is 13.2 Å². The van der Waals surface area contributed by atoms with Gasteiger partial charge in [-0.05, 0) is 55.2 Å². The number of halogens is 4. The molecular formula is C24H22ClF3N4O4. The predicted octanol–water partition coefficient (Wildman–Crippen LogP) is 3.33. The number of ether oxygens (including phenoxy) is 1. The van der Waals surface area contributed by atoms with Crippen LogP contribution in [0.2, 0.25) is 5.02 Å². The second-order valence-electron chi connectivity index (χ2n) is 8.41. The summed E-state index contributed by atoms with van der Waals surface area (Å²) in [6.45, 7) is 2.13. The maximum absolute atomic E-state index is 13.2. The average Bonchev–Trinajstić information content (AvgIpc) is 3.36. The van der Waals surface area contributed by atoms with Gasteiger partial charge in [-0.15, -0.1) is 0 Å². The summed E-state index contributed by atoms with van der Waals surface area (Å²) >= 11 is 6.20. The van der Waals surface area contributed by atoms with E-state index in [4.69, 9.17) is 16.3 Å². The topological polar surface area (TPSA) is 95.2 Å². The van der Waals surface area contributed by atoms with Crippen molar-refractivity contribution < 1.29 is 22.7 Å². The molecule has 8 nitrogen and oxygen atoms in total. The molecule has 0 saturated carbocycles. The number of aromatic nitrogens is 3. The van der Waals surface area contributed by atoms with Gasteiger partial charge in [-0.3, -0.25) is 14.2 Å². The Kier molecular flexibility index (Phi) is 7.32. The molecule has 0 spiro atoms. The Bertz CT molecular complexity index is 1390. The first kappa shape index (κ1) is 25.6. The standard InChI is InChI=1S/C24H22ClF3N4O4/c1-14-4-9-17(11-19(14)25)32-23(35)31(13-15-5-7-16(8-6-15)24(26,27)28)22(34)20(30-32)21(33)29-12-18-3-2-10-36-18/h4-9,11,18H,2-3,10,12-13H2,1H3,(H,29,33)/t18-/m0/s1. The maximum Gasteiger partial charge on any atom is 0.416 e. The molecular weight excluding hydrogens is 501 g/mol. The van der Waals surface area contributed by atoms with E-state index < -0.39 is 34.6 Å². The fourth-order valence-electron chi connectivity index (χ4n) is 3.76. The lowest BCUT2D eigenvalue weighted by molar-refractivity contribution is -0.137. The minimum Gasteiger partial charge on any atom is -0.376 e. The van der Waals surface area contributed by atoms with Crippen LogP contribution in [0.3, 0.4) is 0 Å². The van der Waals surface area contributed by atoms with E-state index >= 15 is 0 Å². The third-order valence-electron chi connectivity index (χ3n) is 5.81. The molecule has 1 atom stereocenters. The lowest BCUT2D eigenvalue weighted by Crippen LogP contribution is -2.46. The molecule has 36 heavy (non-hydrogen) atoms. The van der Waals surface area contributed by atoms with Crippen molar-refractivity contribution >= 4 is 17.5 Å². The first-order chi connectivity index (χ1) is 17.0. The lowest BCUT2D eigenvalue weighted by Gasteiger charge is -2.14. The van der Waals surface area contributed by atoms with Gasteiger partial charge in [0.2, 0.25) is 5.69 Å². The van der Waals surface area contributed by atoms with Gasteiger partial charge in [-0.25, -0.2) is 4.79 Å². The third-order valence-corrected chi connectivity index (χ3v) is 6.22. The van der Waals surface area contributed by atoms with E-state index in [-0.39, 0.29) is 30.4 Å². The molecule has 0 radical (unpaired) electrons. The number of rotatable bonds is 6. The molecule has 1 amide bonds. The third kappa shape index (κ3) is 5.52. The summed E-state index contributed by atoms with van der Waals surface area (Å²) in [4.78, 5) is 39.3. The smallest absolute Gasteiger partial charge is 0.376 e. The number of benzene rings is 2. The number of nitrogens with one attached hydrogen (secondary N) is 1. The molecule has 1 aromatic heterocycles. The lowest BCUT2D eigenvalue weighted by atomic mass is 10.1. The number of hydrogen-bond donors (Lipinski definition) is 1. The fraction of sp³-hybridized carbons (Fsp3) is 0.333. The van der Waals surface area contributed by atoms with E-state index in [9.17, 15) is 27.6 Å². The molecule has 1 fully saturated rings. The summed E-state index contributed by atoms with van der Waals surface area (Å²) in [6, 6.07) is 8.71. The van der Waals surface area contributed by atoms with E-state index in [2.05, 4.69) is 10.4 Å². The molecule has 1 saturated heterocycles. The monoisotopic (exact) mass is 522 g/mol. The predicted molar refractivity (Wildman–Crippen MR) is 126 cm³/mol. The number of amides is 1. The van der Waals surface area contributed by atoms with Crippen LogP contribution in [0.4, 0.5) is 13.2 Å². The van der Waals surface area contributed by atoms with Crippen LogP contribution in [0.5, 0.6) is 0 Å². The summed E-state index contributed by atoms with van der Waals surface area (Å²) in [5, 5.41) is 6.97. The van der Waals surface area contributed by atoms with Crippen LogP contribution >= 0.6 is 11.6 Å². The van der Waals surface area contributed by atoms with Gasteiger partial charge >= 0.3 is 11.9 Å². The molecule has 1 aliphatic heterocycles. The summed E-state index contributed by atoms with van der Waals surface area (Å²) in [7, 11) is 0. The zero-order chi connectivity index (χ0) is 26.0. The van der Waals surface area contributed by atoms with Crippen molar-refractivity contribution in [3.8, 4) is 5.69 Å². The van der Waals surface area contributed by atoms with Crippen molar-refractivity contribution in [3.05, 3.63) is 90.7 Å². The second-order valence-corrected chi connectivity index (χ2v) is 8.81. The molecule has 2 heterocycles. The quantitative estimate of drug-likeness (QED) is 0.536. The van der Waals surface area contributed by atoms with Crippen LogP contribution < -0.4 is 16.6 Å². The molecule has 0 aliphatic carbocycles. The van der Waals surface area contributed by atoms with Gasteiger partial charge in [0.05, 0.1) is 23.9 Å². The Morgan fingerprint density at radius 1 is 1.19 bits per heavy atom. The zero-order valence-electron chi connectivity index (χ0n) is 19.1. The minimum atomic E-state index is -4.53. The molecule has 3 aromatic rings. The highest BCUT2D eigenvalue weighted by atomic mass is 35.5. The normalized spacial score (nSPS) is 15.8. The van der Waals surface area contributed by atoms with Crippen LogP contribution in [-0.2, 0) is 17.5 Å². The molecule has 1 N–H and O–H groups in total. The second kappa shape index (κ2) is 10.3. The van der Waals surface area contributed by atoms with Gasteiger partial charge in [-0.2, -0.15) is 23.0 Å². The van der Waals surface area contributed by atoms with E-state index in [1.165, 1.54) is 18.2 Å². The highest BCUT2D eigenvalue weighted by Gasteiger charge is 2.30. The summed E-state index contributed by atoms with van der Waals surface area (Å²) in [5.74, 6) is -0.802. The minimum absolute atomic E-state index is 0.161. The fourth-order valence-corrected chi connectivity index (χ4v) is 3.93. The van der Waals surface area contributed by atoms with Crippen molar-refractivity contribution in [2.45, 2.75) is 38.6 Å². The molecule has 2 aromatic carbocycles. The van der Waals surface area contributed by atoms with Crippen LogP contribution in [0.15, 0.2) is 52.1 Å². The number of carbonyl (C=O) groups excluding carboxylic acids is 1. The highest BCUT2D eigenvalue weighted by Crippen LogP contribution is 2.29. The van der Waals surface area contributed by atoms with Gasteiger partial charge in [0.1, 0.15) is 0 Å². The Morgan fingerprint density at radius 2 is 1.92 bits per heavy atom. The van der Waals surface area contributed by atoms with Crippen molar-refractivity contribution in [1.29, 1.82) is 0 Å². The van der Waals surface area contributed by atoms with Crippen molar-refractivity contribution in [2.24, 2.45) is 0 Å². The first-order valence-corrected chi connectivity index (χ1v) is 11.5. The van der Waals surface area contributed by atoms with E-state index in [0.29, 0.717) is 11.6 Å². The number of nitrogens with zero attached hydrogens (tertiary/aromatic N) is 3. The van der Waals surface area contributed by atoms with Crippen molar-refractivity contribution in [1.82, 2.24) is 19.7 Å². The van der Waals surface area contributed by atoms with Gasteiger partial charge in [0.25, 0.3) is 11.5 Å². The van der Waals surface area contributed by atoms with Gasteiger partial charge in [-0.1, -0.05) is 29.8 Å². The number of aryl methyl sites for hydroxylation is 1. The van der Waals surface area contributed by atoms with Crippen LogP contribution in [0, 0.1) is 6.92 Å². The Morgan fingerprint density at radius 3 is 2.53 bits per heavy atom. The number of alkyl halides is 3. The molecule has 190 valence electrons. The van der Waals surface area contributed by atoms with Gasteiger partial charge < -0.3 is 10.1 Å². The maximum atomic E-state index is 13.2. The molecule has 1 aliphatic rings. The number of hydrogen-bond acceptors (Lipinski definition) is 5. The van der Waals surface area contributed by atoms with Gasteiger partial charge in [0.15, 0.2) is 0 Å². The molecule has 0 bridgehead atoms. The first-order valence-electron chi connectivity index (χ1n) is 11.1. The van der Waals surface area contributed by atoms with Crippen LogP contribution in [0.1, 0.15) is 40.0 Å². The Hall–Kier alpha value is -3.44. The van der Waals surface area contributed by atoms with Crippen molar-refractivity contribution in [3.63, 3.8) is 0 Å². The molecule has 12 heteroatoms. The SMILES string of the molecule is Cc1ccc(-n2nc(C(=O)NC[C@@H]3CCCO3)c(=O)n(Cc3ccc(C(F)(F)F)cc3)c2=O)cc1Cl. The summed E-state index contributed by atoms with van der Waals surface area (Å²) in [5.41, 5.74) is -2.06. The zero-order valence-corrected chi connectivity index (χ0v) is 19.9. The van der Waals surface area contributed by atoms with Crippen LogP contribution in [0.25, 0.3) is 5.69 Å². The average molecular weight is 523 g/mol. The van der Waals surface area contributed by atoms with E-state index in [1.807, 2.05) is 0 Å². The summed E-state index contributed by atoms with van der Waals surface area (Å²) < 4.78 is 45.9. The molecule has 4 rings (SSSR count). The summed E-state index contributed by atoms with van der Waals surface area (Å²) in [6.07, 6.45) is -3.10. The van der Waals surface area contributed by atoms with E-state index in [0.717, 1.165) is 39.8 Å². The number of carbonyl (C=O) groups is 1. The Labute approximate surface area is 208 Å². The van der Waals surface area contributed by atoms with E-state index in [1.54, 1.807) is 19.1 Å². The largest absolute Gasteiger partial charge is 0.416 e. The van der Waals surface area contributed by atoms with Crippen LogP contribution in [-0.4, -0.2) is 39.5 Å². The highest BCUT2D eigenvalue weighted by molar-refractivity contribution is 6.31.